The molecule has 344 valence electrons. The molecule has 3 aromatic rings. The molecular weight excluding hydrogens is 805 g/mol. The highest BCUT2D eigenvalue weighted by Crippen LogP contribution is 2.75. The van der Waals surface area contributed by atoms with Crippen molar-refractivity contribution in [1.29, 1.82) is 0 Å². The van der Waals surface area contributed by atoms with Crippen LogP contribution in [0.15, 0.2) is 82.9 Å². The maximum absolute atomic E-state index is 14.0. The molecule has 0 saturated heterocycles. The molecule has 4 N–H and O–H groups in total. The van der Waals surface area contributed by atoms with Gasteiger partial charge in [-0.05, 0) is 134 Å². The number of nitrogens with zero attached hydrogens (tertiary/aromatic N) is 1. The summed E-state index contributed by atoms with van der Waals surface area (Å²) in [6, 6.07) is 8.26. The Morgan fingerprint density at radius 2 is 1.52 bits per heavy atom. The van der Waals surface area contributed by atoms with Crippen LogP contribution in [0.1, 0.15) is 111 Å². The van der Waals surface area contributed by atoms with Crippen molar-refractivity contribution in [1.82, 2.24) is 20.6 Å². The quantitative estimate of drug-likeness (QED) is 0.0924. The number of nitrogens with one attached hydrogen (secondary N) is 3. The third-order valence-corrected chi connectivity index (χ3v) is 16.8. The minimum absolute atomic E-state index is 0.00226. The number of fused-ring (bicyclic) bond motifs is 10. The average molecular weight is 875 g/mol. The van der Waals surface area contributed by atoms with E-state index in [4.69, 9.17) is 14.2 Å². The molecule has 11 nitrogen and oxygen atoms in total. The van der Waals surface area contributed by atoms with E-state index in [1.165, 1.54) is 5.57 Å². The number of aromatic nitrogens is 2. The van der Waals surface area contributed by atoms with E-state index in [0.717, 1.165) is 96.3 Å². The summed E-state index contributed by atoms with van der Waals surface area (Å²) in [5.74, 6) is 0.160. The van der Waals surface area contributed by atoms with Crippen LogP contribution in [-0.4, -0.2) is 85.4 Å². The Kier molecular flexibility index (Phi) is 13.2. The lowest BCUT2D eigenvalue weighted by atomic mass is 9.34. The number of hydrogen-bond donors (Lipinski definition) is 4. The molecule has 2 aromatic heterocycles. The number of ether oxygens (including phenoxy) is 3. The lowest BCUT2D eigenvalue weighted by Crippen LogP contribution is -2.62. The van der Waals surface area contributed by atoms with Gasteiger partial charge in [0, 0.05) is 83.3 Å². The lowest BCUT2D eigenvalue weighted by molar-refractivity contribution is -0.169. The summed E-state index contributed by atoms with van der Waals surface area (Å²) in [6.07, 6.45) is 19.4. The predicted octanol–water partition coefficient (Wildman–Crippen LogP) is 9.34. The summed E-state index contributed by atoms with van der Waals surface area (Å²) in [4.78, 5) is 46.9. The summed E-state index contributed by atoms with van der Waals surface area (Å²) >= 11 is 0. The second-order valence-corrected chi connectivity index (χ2v) is 20.7. The molecule has 1 aromatic carbocycles. The normalized spacial score (nSPS) is 29.9. The molecular formula is C53H70N4O7. The van der Waals surface area contributed by atoms with Gasteiger partial charge in [0.15, 0.2) is 5.76 Å². The number of aliphatic hydroxyl groups excluding tert-OH is 1. The number of aliphatic hydroxyl groups is 1. The zero-order valence-corrected chi connectivity index (χ0v) is 39.1. The van der Waals surface area contributed by atoms with Gasteiger partial charge in [0.2, 0.25) is 17.6 Å². The van der Waals surface area contributed by atoms with Crippen LogP contribution in [0.4, 0.5) is 0 Å². The number of rotatable bonds is 18. The number of allylic oxidation sites excluding steroid dienone is 7. The van der Waals surface area contributed by atoms with Crippen molar-refractivity contribution >= 4 is 39.4 Å². The molecule has 2 amide bonds. The second kappa shape index (κ2) is 18.4. The topological polar surface area (TPSA) is 152 Å². The van der Waals surface area contributed by atoms with Crippen molar-refractivity contribution in [3.05, 3.63) is 88.5 Å². The van der Waals surface area contributed by atoms with Gasteiger partial charge in [0.05, 0.1) is 26.4 Å². The van der Waals surface area contributed by atoms with E-state index in [-0.39, 0.29) is 45.0 Å². The van der Waals surface area contributed by atoms with E-state index < -0.39 is 5.41 Å². The molecule has 0 unspecified atom stereocenters. The predicted molar refractivity (Wildman–Crippen MR) is 251 cm³/mol. The standard InChI is InChI=1S/C53H70N4O7/c1-35-37-11-13-44-51(4,40(37)32-43(58)47(35)60)19-21-53(6)45-33-50(3,17-16-49(45,2)18-20-52(44,53)5)48(61)56-23-8-26-63-28-30-64-29-27-62-25-7-22-55-46(59)14-10-36-9-12-41-38(31-36)39-34-54-24-15-42(39)57-41/h9,11-13,15,24,31-32,34,45,57,60H,7-8,10,14,16-23,25-30,33H2,1-6H3,(H,55,59)(H,56,61)/t45-,49-,50-,51+,52-,53+/m1/s1. The van der Waals surface area contributed by atoms with Gasteiger partial charge in [0.1, 0.15) is 0 Å². The van der Waals surface area contributed by atoms with E-state index in [1.807, 2.05) is 19.2 Å². The van der Waals surface area contributed by atoms with Crippen molar-refractivity contribution in [2.45, 2.75) is 112 Å². The van der Waals surface area contributed by atoms with Crippen LogP contribution < -0.4 is 10.6 Å². The van der Waals surface area contributed by atoms with Gasteiger partial charge >= 0.3 is 0 Å². The fraction of sp³-hybridized carbons (Fsp3) is 0.585. The monoisotopic (exact) mass is 875 g/mol. The van der Waals surface area contributed by atoms with E-state index in [2.05, 4.69) is 85.6 Å². The first-order valence-corrected chi connectivity index (χ1v) is 23.8. The van der Waals surface area contributed by atoms with E-state index in [1.54, 1.807) is 12.3 Å². The van der Waals surface area contributed by atoms with Crippen LogP contribution in [0.25, 0.3) is 21.8 Å². The van der Waals surface area contributed by atoms with Gasteiger partial charge in [0.25, 0.3) is 0 Å². The summed E-state index contributed by atoms with van der Waals surface area (Å²) in [5, 5.41) is 19.0. The zero-order chi connectivity index (χ0) is 45.3. The number of aromatic amines is 1. The Morgan fingerprint density at radius 1 is 0.828 bits per heavy atom. The minimum atomic E-state index is -0.434. The molecule has 2 heterocycles. The zero-order valence-electron chi connectivity index (χ0n) is 39.1. The molecule has 3 saturated carbocycles. The summed E-state index contributed by atoms with van der Waals surface area (Å²) in [6.45, 7) is 18.0. The van der Waals surface area contributed by atoms with E-state index >= 15 is 0 Å². The molecule has 11 heteroatoms. The highest BCUT2D eigenvalue weighted by atomic mass is 16.5. The molecule has 5 aliphatic rings. The fourth-order valence-electron chi connectivity index (χ4n) is 12.5. The van der Waals surface area contributed by atoms with Gasteiger partial charge in [-0.1, -0.05) is 58.4 Å². The smallest absolute Gasteiger partial charge is 0.225 e. The second-order valence-electron chi connectivity index (χ2n) is 20.7. The summed E-state index contributed by atoms with van der Waals surface area (Å²) < 4.78 is 17.2. The molecule has 6 atom stereocenters. The number of ketones is 1. The Bertz CT molecular complexity index is 2410. The molecule has 0 spiro atoms. The number of amides is 2. The van der Waals surface area contributed by atoms with Crippen molar-refractivity contribution in [3.63, 3.8) is 0 Å². The molecule has 0 bridgehead atoms. The fourth-order valence-corrected chi connectivity index (χ4v) is 12.5. The van der Waals surface area contributed by atoms with Crippen molar-refractivity contribution in [2.24, 2.45) is 33.0 Å². The molecule has 0 radical (unpaired) electrons. The van der Waals surface area contributed by atoms with Gasteiger partial charge < -0.3 is 34.9 Å². The molecule has 5 aliphatic carbocycles. The number of carbonyl (C=O) groups excluding carboxylic acids is 3. The molecule has 64 heavy (non-hydrogen) atoms. The third kappa shape index (κ3) is 8.53. The Hall–Kier alpha value is -4.58. The summed E-state index contributed by atoms with van der Waals surface area (Å²) in [5.41, 5.74) is 6.82. The largest absolute Gasteiger partial charge is 0.504 e. The van der Waals surface area contributed by atoms with E-state index in [0.29, 0.717) is 77.1 Å². The van der Waals surface area contributed by atoms with Crippen LogP contribution in [0, 0.1) is 33.0 Å². The Balaban J connectivity index is 0.691. The van der Waals surface area contributed by atoms with E-state index in [9.17, 15) is 19.5 Å². The molecule has 8 rings (SSSR count). The molecule has 3 fully saturated rings. The van der Waals surface area contributed by atoms with Crippen molar-refractivity contribution in [2.75, 3.05) is 52.7 Å². The Morgan fingerprint density at radius 3 is 2.27 bits per heavy atom. The molecule has 0 aliphatic heterocycles. The highest BCUT2D eigenvalue weighted by molar-refractivity contribution is 6.07. The van der Waals surface area contributed by atoms with Crippen LogP contribution in [0.5, 0.6) is 0 Å². The maximum Gasteiger partial charge on any atom is 0.225 e. The SMILES string of the molecule is CC1=C(O)C(=O)C=C2C1=CC=C1[C@@]2(C)CC[C@@]2(C)[C@@H]3C[C@](C)(C(=O)NCCCOCCOCCOCCCNC(=O)CCc4ccc5[nH]c6ccncc6c5c4)CC[C@]3(C)CC[C@]12C. The number of H-pyrrole nitrogens is 1. The summed E-state index contributed by atoms with van der Waals surface area (Å²) in [7, 11) is 0. The van der Waals surface area contributed by atoms with Gasteiger partial charge in [-0.3, -0.25) is 19.4 Å². The van der Waals surface area contributed by atoms with Crippen LogP contribution in [0.2, 0.25) is 0 Å². The lowest BCUT2D eigenvalue weighted by Gasteiger charge is -2.70. The number of carbonyl (C=O) groups is 3. The van der Waals surface area contributed by atoms with Gasteiger partial charge in [-0.2, -0.15) is 0 Å². The van der Waals surface area contributed by atoms with Gasteiger partial charge in [-0.15, -0.1) is 0 Å². The van der Waals surface area contributed by atoms with Gasteiger partial charge in [-0.25, -0.2) is 0 Å². The number of aryl methyl sites for hydroxylation is 1. The minimum Gasteiger partial charge on any atom is -0.504 e. The maximum atomic E-state index is 14.0. The first-order chi connectivity index (χ1) is 30.6. The van der Waals surface area contributed by atoms with Crippen LogP contribution in [-0.2, 0) is 35.0 Å². The number of benzene rings is 1. The van der Waals surface area contributed by atoms with Crippen LogP contribution >= 0.6 is 0 Å². The number of hydrogen-bond acceptors (Lipinski definition) is 8. The number of pyridine rings is 1. The van der Waals surface area contributed by atoms with Crippen molar-refractivity contribution < 1.29 is 33.7 Å². The first kappa shape index (κ1) is 46.0. The Labute approximate surface area is 378 Å². The van der Waals surface area contributed by atoms with Crippen molar-refractivity contribution in [3.8, 4) is 0 Å². The average Bonchev–Trinajstić information content (AvgIpc) is 3.66. The first-order valence-electron chi connectivity index (χ1n) is 23.8. The third-order valence-electron chi connectivity index (χ3n) is 16.8. The van der Waals surface area contributed by atoms with Crippen LogP contribution in [0.3, 0.4) is 0 Å². The highest BCUT2D eigenvalue weighted by Gasteiger charge is 2.67.